The van der Waals surface area contributed by atoms with Gasteiger partial charge < -0.3 is 19.6 Å². The first-order chi connectivity index (χ1) is 17.5. The highest BCUT2D eigenvalue weighted by Gasteiger charge is 2.77. The number of hydrogen-bond acceptors (Lipinski definition) is 6. The maximum absolute atomic E-state index is 14.7. The van der Waals surface area contributed by atoms with Crippen LogP contribution in [-0.4, -0.2) is 69.6 Å². The number of hydrogen-bond donors (Lipinski definition) is 1. The van der Waals surface area contributed by atoms with Crippen molar-refractivity contribution in [2.24, 2.45) is 23.7 Å². The molecule has 3 aliphatic rings. The minimum Gasteiger partial charge on any atom is -0.466 e. The second-order valence-electron chi connectivity index (χ2n) is 11.1. The summed E-state index contributed by atoms with van der Waals surface area (Å²) in [5.74, 6) is -2.05. The lowest BCUT2D eigenvalue weighted by molar-refractivity contribution is -0.154. The summed E-state index contributed by atoms with van der Waals surface area (Å²) in [5.41, 5.74) is 2.77. The van der Waals surface area contributed by atoms with Gasteiger partial charge in [0.25, 0.3) is 5.91 Å². The Morgan fingerprint density at radius 3 is 2.65 bits per heavy atom. The molecule has 3 saturated heterocycles. The summed E-state index contributed by atoms with van der Waals surface area (Å²) in [5, 5.41) is 10.4. The largest absolute Gasteiger partial charge is 0.466 e. The fourth-order valence-corrected chi connectivity index (χ4v) is 9.21. The first kappa shape index (κ1) is 27.7. The van der Waals surface area contributed by atoms with Crippen LogP contribution in [-0.2, 0) is 19.1 Å². The van der Waals surface area contributed by atoms with E-state index >= 15 is 0 Å². The number of benzene rings is 1. The number of carbonyl (C=O) groups is 3. The van der Waals surface area contributed by atoms with Crippen LogP contribution in [0.3, 0.4) is 0 Å². The highest BCUT2D eigenvalue weighted by atomic mass is 32.2. The van der Waals surface area contributed by atoms with Crippen LogP contribution in [0.25, 0.3) is 0 Å². The van der Waals surface area contributed by atoms with Crippen molar-refractivity contribution in [3.8, 4) is 0 Å². The quantitative estimate of drug-likeness (QED) is 0.388. The molecule has 1 aromatic carbocycles. The third-order valence-electron chi connectivity index (χ3n) is 8.52. The average molecular weight is 529 g/mol. The third kappa shape index (κ3) is 4.20. The minimum absolute atomic E-state index is 0.0387. The van der Waals surface area contributed by atoms with E-state index in [2.05, 4.69) is 13.5 Å². The predicted octanol–water partition coefficient (Wildman–Crippen LogP) is 3.74. The first-order valence-corrected chi connectivity index (χ1v) is 14.2. The Kier molecular flexibility index (Phi) is 7.82. The monoisotopic (exact) mass is 528 g/mol. The van der Waals surface area contributed by atoms with Crippen molar-refractivity contribution in [1.82, 2.24) is 4.90 Å². The minimum atomic E-state index is -0.811. The number of amides is 2. The maximum atomic E-state index is 14.7. The standard InChI is InChI=1S/C29H40N2O5S/c1-8-12-30(20-13-17(5)10-11-18(20)6)27(34)25-29-19(7)14-22(37-29)23(28(35)36-9-2)24(29)26(33)31(25)21(15-32)16(3)4/h8,10-11,13,16,19,21-25,32H,1,9,12,14-15H2,2-7H3/t19?,21-,22-,23+,24-,25?,29?/m0/s1. The molecule has 3 heterocycles. The highest BCUT2D eigenvalue weighted by molar-refractivity contribution is 8.02. The smallest absolute Gasteiger partial charge is 0.310 e. The Morgan fingerprint density at radius 1 is 1.35 bits per heavy atom. The van der Waals surface area contributed by atoms with E-state index in [1.807, 2.05) is 45.9 Å². The van der Waals surface area contributed by atoms with Gasteiger partial charge in [0.05, 0.1) is 35.8 Å². The summed E-state index contributed by atoms with van der Waals surface area (Å²) in [7, 11) is 0. The van der Waals surface area contributed by atoms with Crippen LogP contribution in [0.15, 0.2) is 30.9 Å². The van der Waals surface area contributed by atoms with Gasteiger partial charge in [0.2, 0.25) is 5.91 Å². The zero-order valence-corrected chi connectivity index (χ0v) is 23.6. The van der Waals surface area contributed by atoms with E-state index in [9.17, 15) is 19.5 Å². The van der Waals surface area contributed by atoms with Crippen molar-refractivity contribution in [2.75, 3.05) is 24.7 Å². The second-order valence-corrected chi connectivity index (χ2v) is 12.6. The van der Waals surface area contributed by atoms with E-state index in [-0.39, 0.29) is 54.6 Å². The zero-order chi connectivity index (χ0) is 27.2. The summed E-state index contributed by atoms with van der Waals surface area (Å²) in [6.07, 6.45) is 2.44. The third-order valence-corrected chi connectivity index (χ3v) is 10.6. The Bertz CT molecular complexity index is 1090. The van der Waals surface area contributed by atoms with Gasteiger partial charge in [0.15, 0.2) is 0 Å². The Balaban J connectivity index is 1.89. The van der Waals surface area contributed by atoms with Gasteiger partial charge in [-0.25, -0.2) is 0 Å². The van der Waals surface area contributed by atoms with Crippen LogP contribution in [0.2, 0.25) is 0 Å². The molecule has 202 valence electrons. The molecular formula is C29H40N2O5S. The summed E-state index contributed by atoms with van der Waals surface area (Å²) in [6.45, 7) is 15.9. The molecule has 7 nitrogen and oxygen atoms in total. The first-order valence-electron chi connectivity index (χ1n) is 13.3. The second kappa shape index (κ2) is 10.4. The molecule has 0 aliphatic carbocycles. The lowest BCUT2D eigenvalue weighted by Crippen LogP contribution is -2.60. The van der Waals surface area contributed by atoms with Gasteiger partial charge in [-0.3, -0.25) is 14.4 Å². The van der Waals surface area contributed by atoms with Crippen molar-refractivity contribution in [3.63, 3.8) is 0 Å². The Hall–Kier alpha value is -2.32. The molecule has 3 unspecified atom stereocenters. The van der Waals surface area contributed by atoms with E-state index in [1.54, 1.807) is 34.6 Å². The average Bonchev–Trinajstić information content (AvgIpc) is 3.43. The van der Waals surface area contributed by atoms with Crippen molar-refractivity contribution < 1.29 is 24.2 Å². The van der Waals surface area contributed by atoms with E-state index < -0.39 is 28.7 Å². The number of anilines is 1. The van der Waals surface area contributed by atoms with E-state index in [0.29, 0.717) is 0 Å². The molecule has 1 aromatic rings. The number of esters is 1. The van der Waals surface area contributed by atoms with Gasteiger partial charge in [-0.2, -0.15) is 0 Å². The Morgan fingerprint density at radius 2 is 2.05 bits per heavy atom. The molecule has 3 fully saturated rings. The van der Waals surface area contributed by atoms with Gasteiger partial charge in [0, 0.05) is 17.5 Å². The molecule has 8 heteroatoms. The molecule has 7 atom stereocenters. The molecular weight excluding hydrogens is 488 g/mol. The summed E-state index contributed by atoms with van der Waals surface area (Å²) in [4.78, 5) is 45.6. The van der Waals surface area contributed by atoms with Gasteiger partial charge in [-0.15, -0.1) is 18.3 Å². The number of fused-ring (bicyclic) bond motifs is 1. The number of thioether (sulfide) groups is 1. The molecule has 4 rings (SSSR count). The number of likely N-dealkylation sites (tertiary alicyclic amines) is 1. The van der Waals surface area contributed by atoms with Gasteiger partial charge in [-0.05, 0) is 56.2 Å². The normalized spacial score (nSPS) is 31.0. The molecule has 2 amide bonds. The molecule has 2 bridgehead atoms. The molecule has 37 heavy (non-hydrogen) atoms. The number of rotatable bonds is 9. The van der Waals surface area contributed by atoms with E-state index in [1.165, 1.54) is 0 Å². The van der Waals surface area contributed by atoms with Crippen LogP contribution in [0.1, 0.15) is 45.2 Å². The fraction of sp³-hybridized carbons (Fsp3) is 0.621. The SMILES string of the molecule is C=CCN(C(=O)C1N([C@@H](CO)C(C)C)C(=O)[C@@H]2[C@H](C(=O)OCC)[C@@H]3CC(C)C12S3)c1cc(C)ccc1C. The van der Waals surface area contributed by atoms with Crippen molar-refractivity contribution in [3.05, 3.63) is 42.0 Å². The van der Waals surface area contributed by atoms with Crippen molar-refractivity contribution in [2.45, 2.75) is 70.0 Å². The summed E-state index contributed by atoms with van der Waals surface area (Å²) in [6, 6.07) is 4.64. The van der Waals surface area contributed by atoms with Crippen LogP contribution < -0.4 is 4.90 Å². The molecule has 0 saturated carbocycles. The lowest BCUT2D eigenvalue weighted by Gasteiger charge is -2.43. The van der Waals surface area contributed by atoms with Gasteiger partial charge in [-0.1, -0.05) is 39.0 Å². The fourth-order valence-electron chi connectivity index (χ4n) is 6.82. The summed E-state index contributed by atoms with van der Waals surface area (Å²) >= 11 is 1.62. The predicted molar refractivity (Wildman–Crippen MR) is 146 cm³/mol. The van der Waals surface area contributed by atoms with Crippen LogP contribution in [0.5, 0.6) is 0 Å². The highest BCUT2D eigenvalue weighted by Crippen LogP contribution is 2.69. The lowest BCUT2D eigenvalue weighted by atomic mass is 9.66. The van der Waals surface area contributed by atoms with E-state index in [0.717, 1.165) is 23.2 Å². The maximum Gasteiger partial charge on any atom is 0.310 e. The van der Waals surface area contributed by atoms with Crippen LogP contribution in [0, 0.1) is 37.5 Å². The number of carbonyl (C=O) groups excluding carboxylic acids is 3. The number of ether oxygens (including phenoxy) is 1. The molecule has 0 aromatic heterocycles. The molecule has 1 N–H and O–H groups in total. The number of aryl methyl sites for hydroxylation is 2. The zero-order valence-electron chi connectivity index (χ0n) is 22.8. The molecule has 0 radical (unpaired) electrons. The van der Waals surface area contributed by atoms with Crippen LogP contribution >= 0.6 is 11.8 Å². The van der Waals surface area contributed by atoms with Crippen molar-refractivity contribution in [1.29, 1.82) is 0 Å². The van der Waals surface area contributed by atoms with Gasteiger partial charge >= 0.3 is 5.97 Å². The van der Waals surface area contributed by atoms with Crippen molar-refractivity contribution >= 4 is 35.2 Å². The van der Waals surface area contributed by atoms with E-state index in [4.69, 9.17) is 4.74 Å². The van der Waals surface area contributed by atoms with Gasteiger partial charge in [0.1, 0.15) is 6.04 Å². The Labute approximate surface area is 224 Å². The van der Waals surface area contributed by atoms with Crippen LogP contribution in [0.4, 0.5) is 5.69 Å². The number of nitrogens with zero attached hydrogens (tertiary/aromatic N) is 2. The summed E-state index contributed by atoms with van der Waals surface area (Å²) < 4.78 is 4.67. The molecule has 1 spiro atoms. The number of aliphatic hydroxyl groups is 1. The molecule has 3 aliphatic heterocycles. The number of aliphatic hydroxyl groups excluding tert-OH is 1. The topological polar surface area (TPSA) is 87.2 Å².